The number of piperidine rings is 1. The molecule has 2 rings (SSSR count). The van der Waals surface area contributed by atoms with Gasteiger partial charge in [0.15, 0.2) is 0 Å². The Balaban J connectivity index is 1.72. The highest BCUT2D eigenvalue weighted by molar-refractivity contribution is 5.21. The third-order valence-corrected chi connectivity index (χ3v) is 3.98. The zero-order valence-corrected chi connectivity index (χ0v) is 11.4. The van der Waals surface area contributed by atoms with Gasteiger partial charge in [-0.05, 0) is 57.2 Å². The molecular formula is C17H23N. The number of benzene rings is 1. The molecule has 1 aliphatic heterocycles. The summed E-state index contributed by atoms with van der Waals surface area (Å²) in [5, 5.41) is 0. The van der Waals surface area contributed by atoms with E-state index in [4.69, 9.17) is 6.42 Å². The molecule has 96 valence electrons. The first kappa shape index (κ1) is 13.2. The quantitative estimate of drug-likeness (QED) is 0.731. The average Bonchev–Trinajstić information content (AvgIpc) is 2.40. The van der Waals surface area contributed by atoms with Gasteiger partial charge in [0.2, 0.25) is 0 Å². The molecule has 0 spiro atoms. The zero-order chi connectivity index (χ0) is 12.8. The monoisotopic (exact) mass is 241 g/mol. The second-order valence-corrected chi connectivity index (χ2v) is 5.45. The summed E-state index contributed by atoms with van der Waals surface area (Å²) in [6, 6.07) is 8.96. The minimum atomic E-state index is 0.824. The molecule has 0 bridgehead atoms. The van der Waals surface area contributed by atoms with Crippen LogP contribution < -0.4 is 0 Å². The normalized spacial score (nSPS) is 17.6. The first-order chi connectivity index (χ1) is 8.78. The number of hydrogen-bond acceptors (Lipinski definition) is 1. The second kappa shape index (κ2) is 6.61. The molecule has 1 aliphatic rings. The lowest BCUT2D eigenvalue weighted by Gasteiger charge is -2.30. The third kappa shape index (κ3) is 3.89. The molecule has 0 unspecified atom stereocenters. The van der Waals surface area contributed by atoms with Gasteiger partial charge in [-0.25, -0.2) is 0 Å². The van der Waals surface area contributed by atoms with Crippen molar-refractivity contribution in [2.45, 2.75) is 32.6 Å². The van der Waals surface area contributed by atoms with E-state index in [1.54, 1.807) is 0 Å². The maximum atomic E-state index is 5.35. The number of rotatable bonds is 4. The van der Waals surface area contributed by atoms with Crippen LogP contribution >= 0.6 is 0 Å². The van der Waals surface area contributed by atoms with Gasteiger partial charge in [-0.3, -0.25) is 4.90 Å². The lowest BCUT2D eigenvalue weighted by atomic mass is 9.90. The number of likely N-dealkylation sites (tertiary alicyclic amines) is 1. The maximum Gasteiger partial charge on any atom is 0.0598 e. The summed E-state index contributed by atoms with van der Waals surface area (Å²) >= 11 is 0. The van der Waals surface area contributed by atoms with Crippen molar-refractivity contribution in [2.24, 2.45) is 5.92 Å². The summed E-state index contributed by atoms with van der Waals surface area (Å²) in [7, 11) is 0. The van der Waals surface area contributed by atoms with Crippen molar-refractivity contribution in [3.05, 3.63) is 35.4 Å². The van der Waals surface area contributed by atoms with Crippen molar-refractivity contribution >= 4 is 0 Å². The molecule has 0 saturated carbocycles. The minimum Gasteiger partial charge on any atom is -0.292 e. The third-order valence-electron chi connectivity index (χ3n) is 3.98. The van der Waals surface area contributed by atoms with Gasteiger partial charge in [-0.15, -0.1) is 6.42 Å². The van der Waals surface area contributed by atoms with Crippen LogP contribution in [-0.2, 0) is 6.42 Å². The van der Waals surface area contributed by atoms with E-state index in [-0.39, 0.29) is 0 Å². The Hall–Kier alpha value is -1.26. The Labute approximate surface area is 111 Å². The van der Waals surface area contributed by atoms with Crippen LogP contribution in [0.25, 0.3) is 0 Å². The molecule has 0 aromatic heterocycles. The molecule has 0 radical (unpaired) electrons. The summed E-state index contributed by atoms with van der Waals surface area (Å²) in [5.74, 6) is 3.63. The van der Waals surface area contributed by atoms with Crippen LogP contribution in [0.15, 0.2) is 24.3 Å². The molecule has 1 nitrogen and oxygen atoms in total. The van der Waals surface area contributed by atoms with Crippen LogP contribution in [0.4, 0.5) is 0 Å². The van der Waals surface area contributed by atoms with E-state index < -0.39 is 0 Å². The standard InChI is InChI=1S/C17H23N/c1-3-12-18-13-10-17(11-14-18)9-8-16-6-4-15(2)5-7-16/h1,4-7,17H,8-14H2,2H3. The van der Waals surface area contributed by atoms with E-state index in [2.05, 4.69) is 42.0 Å². The molecule has 1 saturated heterocycles. The Kier molecular flexibility index (Phi) is 4.84. The molecule has 1 aromatic carbocycles. The highest BCUT2D eigenvalue weighted by atomic mass is 15.1. The summed E-state index contributed by atoms with van der Waals surface area (Å²) in [5.41, 5.74) is 2.83. The highest BCUT2D eigenvalue weighted by Gasteiger charge is 2.17. The van der Waals surface area contributed by atoms with Gasteiger partial charge in [0.1, 0.15) is 0 Å². The van der Waals surface area contributed by atoms with Gasteiger partial charge in [0, 0.05) is 0 Å². The van der Waals surface area contributed by atoms with Crippen LogP contribution in [0.5, 0.6) is 0 Å². The molecule has 1 fully saturated rings. The summed E-state index contributed by atoms with van der Waals surface area (Å²) in [4.78, 5) is 2.39. The molecule has 0 N–H and O–H groups in total. The second-order valence-electron chi connectivity index (χ2n) is 5.45. The average molecular weight is 241 g/mol. The summed E-state index contributed by atoms with van der Waals surface area (Å²) in [6.45, 7) is 5.33. The molecule has 1 heterocycles. The van der Waals surface area contributed by atoms with Crippen LogP contribution in [0.3, 0.4) is 0 Å². The van der Waals surface area contributed by atoms with Crippen molar-refractivity contribution in [3.8, 4) is 12.3 Å². The molecule has 0 atom stereocenters. The van der Waals surface area contributed by atoms with Crippen molar-refractivity contribution in [2.75, 3.05) is 19.6 Å². The van der Waals surface area contributed by atoms with Crippen LogP contribution in [0.1, 0.15) is 30.4 Å². The fourth-order valence-corrected chi connectivity index (χ4v) is 2.69. The first-order valence-electron chi connectivity index (χ1n) is 6.99. The zero-order valence-electron chi connectivity index (χ0n) is 11.4. The predicted molar refractivity (Wildman–Crippen MR) is 77.5 cm³/mol. The van der Waals surface area contributed by atoms with E-state index in [0.29, 0.717) is 0 Å². The number of hydrogen-bond donors (Lipinski definition) is 0. The Morgan fingerprint density at radius 3 is 2.50 bits per heavy atom. The molecule has 0 aliphatic carbocycles. The fourth-order valence-electron chi connectivity index (χ4n) is 2.69. The molecule has 1 heteroatoms. The first-order valence-corrected chi connectivity index (χ1v) is 6.99. The maximum absolute atomic E-state index is 5.35. The van der Waals surface area contributed by atoms with Crippen molar-refractivity contribution in [1.29, 1.82) is 0 Å². The Morgan fingerprint density at radius 2 is 1.89 bits per heavy atom. The van der Waals surface area contributed by atoms with E-state index in [1.165, 1.54) is 49.9 Å². The van der Waals surface area contributed by atoms with Crippen LogP contribution in [0, 0.1) is 25.2 Å². The number of nitrogens with zero attached hydrogens (tertiary/aromatic N) is 1. The van der Waals surface area contributed by atoms with E-state index in [1.807, 2.05) is 0 Å². The van der Waals surface area contributed by atoms with Gasteiger partial charge in [0.05, 0.1) is 6.54 Å². The summed E-state index contributed by atoms with van der Waals surface area (Å²) < 4.78 is 0. The van der Waals surface area contributed by atoms with Crippen molar-refractivity contribution in [1.82, 2.24) is 4.90 Å². The van der Waals surface area contributed by atoms with Crippen LogP contribution in [0.2, 0.25) is 0 Å². The smallest absolute Gasteiger partial charge is 0.0598 e. The van der Waals surface area contributed by atoms with Crippen LogP contribution in [-0.4, -0.2) is 24.5 Å². The van der Waals surface area contributed by atoms with Crippen molar-refractivity contribution < 1.29 is 0 Å². The predicted octanol–water partition coefficient (Wildman–Crippen LogP) is 3.27. The van der Waals surface area contributed by atoms with Gasteiger partial charge < -0.3 is 0 Å². The van der Waals surface area contributed by atoms with Crippen molar-refractivity contribution in [3.63, 3.8) is 0 Å². The minimum absolute atomic E-state index is 0.824. The van der Waals surface area contributed by atoms with Gasteiger partial charge in [0.25, 0.3) is 0 Å². The Bertz CT molecular complexity index is 391. The van der Waals surface area contributed by atoms with Gasteiger partial charge in [-0.2, -0.15) is 0 Å². The molecule has 0 amide bonds. The SMILES string of the molecule is C#CCN1CCC(CCc2ccc(C)cc2)CC1. The van der Waals surface area contributed by atoms with E-state index in [0.717, 1.165) is 12.5 Å². The molecule has 1 aromatic rings. The fraction of sp³-hybridized carbons (Fsp3) is 0.529. The van der Waals surface area contributed by atoms with E-state index >= 15 is 0 Å². The lowest BCUT2D eigenvalue weighted by Crippen LogP contribution is -2.34. The molecular weight excluding hydrogens is 218 g/mol. The number of terminal acetylenes is 1. The highest BCUT2D eigenvalue weighted by Crippen LogP contribution is 2.22. The summed E-state index contributed by atoms with van der Waals surface area (Å²) in [6.07, 6.45) is 10.5. The Morgan fingerprint density at radius 1 is 1.22 bits per heavy atom. The lowest BCUT2D eigenvalue weighted by molar-refractivity contribution is 0.197. The van der Waals surface area contributed by atoms with E-state index in [9.17, 15) is 0 Å². The van der Waals surface area contributed by atoms with Gasteiger partial charge >= 0.3 is 0 Å². The molecule has 18 heavy (non-hydrogen) atoms. The largest absolute Gasteiger partial charge is 0.292 e. The van der Waals surface area contributed by atoms with Gasteiger partial charge in [-0.1, -0.05) is 35.7 Å². The number of aryl methyl sites for hydroxylation is 2. The topological polar surface area (TPSA) is 3.24 Å².